The highest BCUT2D eigenvalue weighted by Gasteiger charge is 2.26. The molecule has 1 atom stereocenters. The number of halogens is 1. The van der Waals surface area contributed by atoms with Crippen molar-refractivity contribution in [3.63, 3.8) is 0 Å². The molecule has 1 N–H and O–H groups in total. The minimum atomic E-state index is -0.0394. The Morgan fingerprint density at radius 2 is 2.43 bits per heavy atom. The van der Waals surface area contributed by atoms with Crippen LogP contribution in [0, 0.1) is 0 Å². The van der Waals surface area contributed by atoms with Crippen LogP contribution >= 0.6 is 23.4 Å². The van der Waals surface area contributed by atoms with Crippen LogP contribution in [0.2, 0.25) is 5.02 Å². The van der Waals surface area contributed by atoms with Gasteiger partial charge in [0.05, 0.1) is 27.1 Å². The minimum absolute atomic E-state index is 0.0362. The van der Waals surface area contributed by atoms with Gasteiger partial charge < -0.3 is 5.32 Å². The van der Waals surface area contributed by atoms with E-state index >= 15 is 0 Å². The summed E-state index contributed by atoms with van der Waals surface area (Å²) in [6.45, 7) is 1.98. The molecular weight excluding hydrogens is 220 g/mol. The zero-order valence-electron chi connectivity index (χ0n) is 7.58. The van der Waals surface area contributed by atoms with E-state index in [0.29, 0.717) is 5.02 Å². The van der Waals surface area contributed by atoms with Gasteiger partial charge in [-0.05, 0) is 6.42 Å². The standard InChI is InChI=1S/C9H9ClN2OS/c1-2-7-9(13)12-6-4-11-3-5(10)8(6)14-7/h3-4,7H,2H2,1H3,(H,12,13). The molecule has 0 saturated heterocycles. The average Bonchev–Trinajstić information content (AvgIpc) is 2.17. The van der Waals surface area contributed by atoms with Crippen molar-refractivity contribution < 1.29 is 4.79 Å². The van der Waals surface area contributed by atoms with Gasteiger partial charge >= 0.3 is 0 Å². The van der Waals surface area contributed by atoms with E-state index in [-0.39, 0.29) is 11.2 Å². The Labute approximate surface area is 91.2 Å². The maximum Gasteiger partial charge on any atom is 0.237 e. The van der Waals surface area contributed by atoms with Crippen molar-refractivity contribution in [2.75, 3.05) is 5.32 Å². The Bertz CT molecular complexity index is 383. The number of amides is 1. The van der Waals surface area contributed by atoms with Crippen LogP contribution < -0.4 is 5.32 Å². The third kappa shape index (κ3) is 1.60. The number of aromatic nitrogens is 1. The quantitative estimate of drug-likeness (QED) is 0.803. The summed E-state index contributed by atoms with van der Waals surface area (Å²) in [5.74, 6) is 0.0362. The lowest BCUT2D eigenvalue weighted by molar-refractivity contribution is -0.115. The van der Waals surface area contributed by atoms with Crippen molar-refractivity contribution in [2.24, 2.45) is 0 Å². The third-order valence-corrected chi connectivity index (χ3v) is 3.94. The first-order valence-electron chi connectivity index (χ1n) is 4.33. The molecule has 0 aromatic carbocycles. The monoisotopic (exact) mass is 228 g/mol. The number of carbonyl (C=O) groups is 1. The van der Waals surface area contributed by atoms with E-state index in [1.165, 1.54) is 11.8 Å². The van der Waals surface area contributed by atoms with Gasteiger partial charge in [-0.25, -0.2) is 0 Å². The number of anilines is 1. The molecule has 74 valence electrons. The van der Waals surface area contributed by atoms with E-state index in [2.05, 4.69) is 10.3 Å². The highest BCUT2D eigenvalue weighted by Crippen LogP contribution is 2.40. The number of fused-ring (bicyclic) bond motifs is 1. The van der Waals surface area contributed by atoms with Crippen molar-refractivity contribution in [3.8, 4) is 0 Å². The maximum atomic E-state index is 11.5. The van der Waals surface area contributed by atoms with E-state index in [1.54, 1.807) is 12.4 Å². The fourth-order valence-electron chi connectivity index (χ4n) is 1.31. The van der Waals surface area contributed by atoms with Crippen molar-refractivity contribution in [2.45, 2.75) is 23.5 Å². The number of rotatable bonds is 1. The van der Waals surface area contributed by atoms with E-state index in [4.69, 9.17) is 11.6 Å². The van der Waals surface area contributed by atoms with Gasteiger partial charge in [0, 0.05) is 6.20 Å². The predicted molar refractivity (Wildman–Crippen MR) is 57.8 cm³/mol. The van der Waals surface area contributed by atoms with Crippen LogP contribution in [-0.4, -0.2) is 16.1 Å². The van der Waals surface area contributed by atoms with Crippen molar-refractivity contribution >= 4 is 35.0 Å². The van der Waals surface area contributed by atoms with Crippen LogP contribution in [0.3, 0.4) is 0 Å². The van der Waals surface area contributed by atoms with Crippen LogP contribution in [0.5, 0.6) is 0 Å². The Kier molecular flexibility index (Phi) is 2.65. The average molecular weight is 229 g/mol. The molecule has 1 aliphatic rings. The van der Waals surface area contributed by atoms with Gasteiger partial charge in [0.25, 0.3) is 0 Å². The fraction of sp³-hybridized carbons (Fsp3) is 0.333. The van der Waals surface area contributed by atoms with Gasteiger partial charge in [-0.2, -0.15) is 0 Å². The lowest BCUT2D eigenvalue weighted by Crippen LogP contribution is -2.28. The number of hydrogen-bond donors (Lipinski definition) is 1. The molecule has 3 nitrogen and oxygen atoms in total. The lowest BCUT2D eigenvalue weighted by atomic mass is 10.3. The smallest absolute Gasteiger partial charge is 0.237 e. The van der Waals surface area contributed by atoms with Crippen LogP contribution in [0.1, 0.15) is 13.3 Å². The molecule has 5 heteroatoms. The summed E-state index contributed by atoms with van der Waals surface area (Å²) in [5, 5.41) is 3.36. The Hall–Kier alpha value is -0.740. The maximum absolute atomic E-state index is 11.5. The second kappa shape index (κ2) is 3.79. The molecule has 1 aromatic heterocycles. The molecule has 0 saturated carbocycles. The fourth-order valence-corrected chi connectivity index (χ4v) is 2.61. The molecule has 1 amide bonds. The molecule has 0 spiro atoms. The molecule has 1 aromatic rings. The molecule has 14 heavy (non-hydrogen) atoms. The molecule has 0 bridgehead atoms. The van der Waals surface area contributed by atoms with Gasteiger partial charge in [-0.1, -0.05) is 18.5 Å². The summed E-state index contributed by atoms with van der Waals surface area (Å²) in [5.41, 5.74) is 0.720. The highest BCUT2D eigenvalue weighted by molar-refractivity contribution is 8.01. The zero-order valence-corrected chi connectivity index (χ0v) is 9.15. The first-order chi connectivity index (χ1) is 6.72. The topological polar surface area (TPSA) is 42.0 Å². The SMILES string of the molecule is CCC1Sc2c(Cl)cncc2NC1=O. The molecule has 0 fully saturated rings. The molecule has 0 aliphatic carbocycles. The summed E-state index contributed by atoms with van der Waals surface area (Å²) >= 11 is 7.49. The Morgan fingerprint density at radius 1 is 1.64 bits per heavy atom. The number of pyridine rings is 1. The summed E-state index contributed by atoms with van der Waals surface area (Å²) in [6.07, 6.45) is 4.02. The van der Waals surface area contributed by atoms with Crippen molar-refractivity contribution in [3.05, 3.63) is 17.4 Å². The van der Waals surface area contributed by atoms with E-state index in [0.717, 1.165) is 17.0 Å². The number of nitrogens with zero attached hydrogens (tertiary/aromatic N) is 1. The van der Waals surface area contributed by atoms with Crippen molar-refractivity contribution in [1.29, 1.82) is 0 Å². The summed E-state index contributed by atoms with van der Waals surface area (Å²) in [7, 11) is 0. The van der Waals surface area contributed by atoms with E-state index in [1.807, 2.05) is 6.92 Å². The summed E-state index contributed by atoms with van der Waals surface area (Å²) < 4.78 is 0. The molecule has 1 aliphatic heterocycles. The number of nitrogens with one attached hydrogen (secondary N) is 1. The Balaban J connectivity index is 2.40. The largest absolute Gasteiger partial charge is 0.323 e. The highest BCUT2D eigenvalue weighted by atomic mass is 35.5. The van der Waals surface area contributed by atoms with Gasteiger partial charge in [-0.3, -0.25) is 9.78 Å². The number of thioether (sulfide) groups is 1. The first-order valence-corrected chi connectivity index (χ1v) is 5.59. The first kappa shape index (κ1) is 9.80. The normalized spacial score (nSPS) is 20.1. The third-order valence-electron chi connectivity index (χ3n) is 2.03. The van der Waals surface area contributed by atoms with E-state index in [9.17, 15) is 4.79 Å². The van der Waals surface area contributed by atoms with E-state index < -0.39 is 0 Å². The Morgan fingerprint density at radius 3 is 3.14 bits per heavy atom. The number of hydrogen-bond acceptors (Lipinski definition) is 3. The zero-order chi connectivity index (χ0) is 10.1. The number of carbonyl (C=O) groups excluding carboxylic acids is 1. The molecule has 2 heterocycles. The second-order valence-corrected chi connectivity index (χ2v) is 4.62. The lowest BCUT2D eigenvalue weighted by Gasteiger charge is -2.23. The molecule has 0 radical (unpaired) electrons. The summed E-state index contributed by atoms with van der Waals surface area (Å²) in [4.78, 5) is 16.3. The predicted octanol–water partition coefficient (Wildman–Crippen LogP) is 2.56. The van der Waals surface area contributed by atoms with Gasteiger partial charge in [-0.15, -0.1) is 11.8 Å². The molecular formula is C9H9ClN2OS. The van der Waals surface area contributed by atoms with Gasteiger partial charge in [0.15, 0.2) is 0 Å². The van der Waals surface area contributed by atoms with Crippen LogP contribution in [0.25, 0.3) is 0 Å². The molecule has 2 rings (SSSR count). The van der Waals surface area contributed by atoms with Crippen LogP contribution in [0.4, 0.5) is 5.69 Å². The minimum Gasteiger partial charge on any atom is -0.323 e. The van der Waals surface area contributed by atoms with Crippen molar-refractivity contribution in [1.82, 2.24) is 4.98 Å². The summed E-state index contributed by atoms with van der Waals surface area (Å²) in [6, 6.07) is 0. The van der Waals surface area contributed by atoms with Crippen LogP contribution in [0.15, 0.2) is 17.3 Å². The van der Waals surface area contributed by atoms with Gasteiger partial charge in [0.2, 0.25) is 5.91 Å². The van der Waals surface area contributed by atoms with Crippen LogP contribution in [-0.2, 0) is 4.79 Å². The second-order valence-electron chi connectivity index (χ2n) is 3.00. The molecule has 1 unspecified atom stereocenters. The van der Waals surface area contributed by atoms with Gasteiger partial charge in [0.1, 0.15) is 0 Å².